The first-order valence-corrected chi connectivity index (χ1v) is 6.69. The van der Waals surface area contributed by atoms with Crippen LogP contribution in [0.3, 0.4) is 0 Å². The first-order chi connectivity index (χ1) is 9.41. The highest BCUT2D eigenvalue weighted by molar-refractivity contribution is 5.85. The van der Waals surface area contributed by atoms with Gasteiger partial charge in [-0.25, -0.2) is 0 Å². The molecular formula is C15H23ClN2O3. The lowest BCUT2D eigenvalue weighted by Crippen LogP contribution is -2.38. The Kier molecular flexibility index (Phi) is 8.66. The molecule has 0 bridgehead atoms. The molecule has 0 heterocycles. The number of carboxylic acid groups (broad SMARTS) is 1. The van der Waals surface area contributed by atoms with E-state index in [9.17, 15) is 9.59 Å². The van der Waals surface area contributed by atoms with E-state index >= 15 is 0 Å². The first kappa shape index (κ1) is 19.4. The van der Waals surface area contributed by atoms with Crippen molar-refractivity contribution in [3.63, 3.8) is 0 Å². The molecule has 2 atom stereocenters. The summed E-state index contributed by atoms with van der Waals surface area (Å²) >= 11 is 0. The molecule has 0 aliphatic rings. The number of benzene rings is 1. The molecule has 21 heavy (non-hydrogen) atoms. The third kappa shape index (κ3) is 6.60. The van der Waals surface area contributed by atoms with Crippen molar-refractivity contribution in [3.8, 4) is 0 Å². The molecule has 1 rings (SSSR count). The van der Waals surface area contributed by atoms with Crippen molar-refractivity contribution in [1.29, 1.82) is 0 Å². The van der Waals surface area contributed by atoms with Crippen molar-refractivity contribution in [2.24, 2.45) is 11.7 Å². The number of carbonyl (C=O) groups is 2. The predicted molar refractivity (Wildman–Crippen MR) is 84.4 cm³/mol. The van der Waals surface area contributed by atoms with Gasteiger partial charge in [0.05, 0.1) is 0 Å². The van der Waals surface area contributed by atoms with Crippen LogP contribution in [0.25, 0.3) is 0 Å². The number of amides is 1. The second-order valence-electron chi connectivity index (χ2n) is 5.08. The maximum absolute atomic E-state index is 12.1. The van der Waals surface area contributed by atoms with E-state index in [0.717, 1.165) is 6.42 Å². The van der Waals surface area contributed by atoms with Gasteiger partial charge >= 0.3 is 5.97 Å². The third-order valence-corrected chi connectivity index (χ3v) is 3.30. The number of carboxylic acids is 1. The van der Waals surface area contributed by atoms with Gasteiger partial charge in [-0.1, -0.05) is 37.3 Å². The Balaban J connectivity index is 0.00000400. The van der Waals surface area contributed by atoms with Crippen LogP contribution in [0.1, 0.15) is 18.9 Å². The van der Waals surface area contributed by atoms with Gasteiger partial charge in [0.15, 0.2) is 0 Å². The Hall–Kier alpha value is -1.59. The Morgan fingerprint density at radius 1 is 1.29 bits per heavy atom. The number of rotatable bonds is 7. The van der Waals surface area contributed by atoms with Gasteiger partial charge in [-0.3, -0.25) is 9.59 Å². The van der Waals surface area contributed by atoms with Gasteiger partial charge in [0.25, 0.3) is 0 Å². The third-order valence-electron chi connectivity index (χ3n) is 3.30. The Morgan fingerprint density at radius 3 is 2.38 bits per heavy atom. The molecule has 0 aliphatic heterocycles. The normalized spacial score (nSPS) is 12.9. The molecule has 1 aromatic rings. The summed E-state index contributed by atoms with van der Waals surface area (Å²) in [6.07, 6.45) is 0.935. The molecule has 0 aromatic heterocycles. The van der Waals surface area contributed by atoms with Crippen LogP contribution >= 0.6 is 12.4 Å². The van der Waals surface area contributed by atoms with E-state index in [-0.39, 0.29) is 30.7 Å². The molecule has 5 nitrogen and oxygen atoms in total. The second-order valence-corrected chi connectivity index (χ2v) is 5.08. The lowest BCUT2D eigenvalue weighted by Gasteiger charge is -2.22. The van der Waals surface area contributed by atoms with E-state index in [0.29, 0.717) is 6.54 Å². The van der Waals surface area contributed by atoms with Gasteiger partial charge < -0.3 is 15.7 Å². The number of hydrogen-bond donors (Lipinski definition) is 2. The highest BCUT2D eigenvalue weighted by atomic mass is 35.5. The minimum absolute atomic E-state index is 0. The Morgan fingerprint density at radius 2 is 1.86 bits per heavy atom. The van der Waals surface area contributed by atoms with Gasteiger partial charge in [-0.2, -0.15) is 0 Å². The number of likely N-dealkylation sites (N-methyl/N-ethyl adjacent to an activating group) is 1. The van der Waals surface area contributed by atoms with Crippen LogP contribution in [0.15, 0.2) is 30.3 Å². The summed E-state index contributed by atoms with van der Waals surface area (Å²) in [5, 5.41) is 8.75. The van der Waals surface area contributed by atoms with Crippen molar-refractivity contribution in [1.82, 2.24) is 4.90 Å². The topological polar surface area (TPSA) is 83.6 Å². The molecule has 0 saturated heterocycles. The van der Waals surface area contributed by atoms with Crippen LogP contribution in [0.5, 0.6) is 0 Å². The lowest BCUT2D eigenvalue weighted by molar-refractivity contribution is -0.139. The van der Waals surface area contributed by atoms with Gasteiger partial charge in [0, 0.05) is 19.5 Å². The summed E-state index contributed by atoms with van der Waals surface area (Å²) in [7, 11) is 1.73. The fraction of sp³-hybridized carbons (Fsp3) is 0.467. The fourth-order valence-electron chi connectivity index (χ4n) is 2.01. The van der Waals surface area contributed by atoms with Crippen molar-refractivity contribution < 1.29 is 14.7 Å². The number of halogens is 1. The van der Waals surface area contributed by atoms with Crippen LogP contribution in [-0.4, -0.2) is 41.5 Å². The summed E-state index contributed by atoms with van der Waals surface area (Å²) in [4.78, 5) is 24.4. The standard InChI is InChI=1S/C15H22N2O3.ClH/c1-11(10-13(16)15(19)20)14(18)17(2)9-8-12-6-4-3-5-7-12;/h3-7,11,13H,8-10,16H2,1-2H3,(H,19,20);1H/t11?,13-;/m0./s1. The Labute approximate surface area is 131 Å². The smallest absolute Gasteiger partial charge is 0.320 e. The molecular weight excluding hydrogens is 292 g/mol. The zero-order chi connectivity index (χ0) is 15.1. The maximum Gasteiger partial charge on any atom is 0.320 e. The zero-order valence-electron chi connectivity index (χ0n) is 12.4. The van der Waals surface area contributed by atoms with Crippen LogP contribution in [0, 0.1) is 5.92 Å². The number of aliphatic carboxylic acids is 1. The molecule has 0 aliphatic carbocycles. The molecule has 6 heteroatoms. The molecule has 118 valence electrons. The van der Waals surface area contributed by atoms with E-state index in [1.165, 1.54) is 5.56 Å². The lowest BCUT2D eigenvalue weighted by atomic mass is 10.0. The van der Waals surface area contributed by atoms with E-state index in [1.807, 2.05) is 30.3 Å². The van der Waals surface area contributed by atoms with Crippen molar-refractivity contribution in [3.05, 3.63) is 35.9 Å². The number of nitrogens with zero attached hydrogens (tertiary/aromatic N) is 1. The van der Waals surface area contributed by atoms with Crippen LogP contribution in [0.2, 0.25) is 0 Å². The Bertz CT molecular complexity index is 453. The molecule has 1 unspecified atom stereocenters. The van der Waals surface area contributed by atoms with E-state index < -0.39 is 12.0 Å². The number of carbonyl (C=O) groups excluding carboxylic acids is 1. The highest BCUT2D eigenvalue weighted by Gasteiger charge is 2.23. The maximum atomic E-state index is 12.1. The summed E-state index contributed by atoms with van der Waals surface area (Å²) in [5.74, 6) is -1.53. The van der Waals surface area contributed by atoms with E-state index in [2.05, 4.69) is 0 Å². The van der Waals surface area contributed by atoms with E-state index in [4.69, 9.17) is 10.8 Å². The van der Waals surface area contributed by atoms with Crippen LogP contribution in [0.4, 0.5) is 0 Å². The largest absolute Gasteiger partial charge is 0.480 e. The molecule has 1 amide bonds. The minimum atomic E-state index is -1.07. The van der Waals surface area contributed by atoms with Gasteiger partial charge in [0.2, 0.25) is 5.91 Å². The minimum Gasteiger partial charge on any atom is -0.480 e. The van der Waals surface area contributed by atoms with Gasteiger partial charge in [-0.15, -0.1) is 12.4 Å². The monoisotopic (exact) mass is 314 g/mol. The van der Waals surface area contributed by atoms with Gasteiger partial charge in [-0.05, 0) is 18.4 Å². The summed E-state index contributed by atoms with van der Waals surface area (Å²) < 4.78 is 0. The molecule has 0 saturated carbocycles. The molecule has 0 fully saturated rings. The van der Waals surface area contributed by atoms with Crippen molar-refractivity contribution >= 4 is 24.3 Å². The fourth-order valence-corrected chi connectivity index (χ4v) is 2.01. The molecule has 3 N–H and O–H groups in total. The second kappa shape index (κ2) is 9.37. The quantitative estimate of drug-likeness (QED) is 0.799. The predicted octanol–water partition coefficient (Wildman–Crippen LogP) is 1.55. The van der Waals surface area contributed by atoms with E-state index in [1.54, 1.807) is 18.9 Å². The highest BCUT2D eigenvalue weighted by Crippen LogP contribution is 2.10. The van der Waals surface area contributed by atoms with Crippen LogP contribution in [-0.2, 0) is 16.0 Å². The molecule has 1 aromatic carbocycles. The van der Waals surface area contributed by atoms with Crippen molar-refractivity contribution in [2.45, 2.75) is 25.8 Å². The zero-order valence-corrected chi connectivity index (χ0v) is 13.2. The first-order valence-electron chi connectivity index (χ1n) is 6.69. The summed E-state index contributed by atoms with van der Waals surface area (Å²) in [5.41, 5.74) is 6.62. The molecule has 0 radical (unpaired) electrons. The average Bonchev–Trinajstić information content (AvgIpc) is 2.44. The van der Waals surface area contributed by atoms with Crippen LogP contribution < -0.4 is 5.73 Å². The number of hydrogen-bond acceptors (Lipinski definition) is 3. The average molecular weight is 315 g/mol. The number of nitrogens with two attached hydrogens (primary N) is 1. The SMILES string of the molecule is CC(C[C@H](N)C(=O)O)C(=O)N(C)CCc1ccccc1.Cl. The summed E-state index contributed by atoms with van der Waals surface area (Å²) in [6.45, 7) is 2.32. The summed E-state index contributed by atoms with van der Waals surface area (Å²) in [6, 6.07) is 8.92. The molecule has 0 spiro atoms. The van der Waals surface area contributed by atoms with Gasteiger partial charge in [0.1, 0.15) is 6.04 Å². The van der Waals surface area contributed by atoms with Crippen molar-refractivity contribution in [2.75, 3.05) is 13.6 Å².